The van der Waals surface area contributed by atoms with Gasteiger partial charge in [0.15, 0.2) is 5.11 Å². The zero-order valence-electron chi connectivity index (χ0n) is 13.7. The molecule has 0 heterocycles. The van der Waals surface area contributed by atoms with E-state index >= 15 is 0 Å². The molecule has 1 amide bonds. The Morgan fingerprint density at radius 1 is 1.17 bits per heavy atom. The summed E-state index contributed by atoms with van der Waals surface area (Å²) >= 11 is 11.0. The number of thiocarbonyl (C=S) groups is 1. The first-order chi connectivity index (χ1) is 11.6. The second-order valence-electron chi connectivity index (χ2n) is 6.94. The Balaban J connectivity index is 1.29. The first-order valence-electron chi connectivity index (χ1n) is 8.67. The van der Waals surface area contributed by atoms with Crippen molar-refractivity contribution in [3.8, 4) is 0 Å². The molecule has 3 atom stereocenters. The van der Waals surface area contributed by atoms with Gasteiger partial charge in [-0.25, -0.2) is 0 Å². The van der Waals surface area contributed by atoms with E-state index in [1.807, 2.05) is 24.3 Å². The van der Waals surface area contributed by atoms with Crippen molar-refractivity contribution in [2.45, 2.75) is 38.5 Å². The molecular formula is C18H24ClN3OS. The van der Waals surface area contributed by atoms with Gasteiger partial charge in [-0.05, 0) is 73.4 Å². The van der Waals surface area contributed by atoms with Gasteiger partial charge in [-0.1, -0.05) is 30.2 Å². The van der Waals surface area contributed by atoms with Crippen molar-refractivity contribution in [2.24, 2.45) is 17.8 Å². The highest BCUT2D eigenvalue weighted by Crippen LogP contribution is 2.49. The Labute approximate surface area is 153 Å². The number of hydrazine groups is 1. The fourth-order valence-corrected chi connectivity index (χ4v) is 4.34. The van der Waals surface area contributed by atoms with Crippen molar-refractivity contribution in [2.75, 3.05) is 6.54 Å². The summed E-state index contributed by atoms with van der Waals surface area (Å²) in [5.74, 6) is 2.24. The topological polar surface area (TPSA) is 53.2 Å². The van der Waals surface area contributed by atoms with Gasteiger partial charge in [0.2, 0.25) is 5.91 Å². The summed E-state index contributed by atoms with van der Waals surface area (Å²) in [5.41, 5.74) is 6.70. The zero-order chi connectivity index (χ0) is 16.9. The average Bonchev–Trinajstić information content (AvgIpc) is 3.18. The molecule has 130 valence electrons. The molecule has 3 rings (SSSR count). The average molecular weight is 366 g/mol. The van der Waals surface area contributed by atoms with Crippen molar-refractivity contribution in [1.29, 1.82) is 0 Å². The van der Waals surface area contributed by atoms with E-state index in [0.29, 0.717) is 24.0 Å². The summed E-state index contributed by atoms with van der Waals surface area (Å²) in [6.45, 7) is 0.704. The summed E-state index contributed by atoms with van der Waals surface area (Å²) in [5, 5.41) is 4.28. The zero-order valence-corrected chi connectivity index (χ0v) is 15.3. The van der Waals surface area contributed by atoms with E-state index in [4.69, 9.17) is 23.8 Å². The van der Waals surface area contributed by atoms with E-state index in [1.165, 1.54) is 31.2 Å². The van der Waals surface area contributed by atoms with Crippen LogP contribution in [-0.4, -0.2) is 17.6 Å². The third-order valence-corrected chi connectivity index (χ3v) is 5.76. The summed E-state index contributed by atoms with van der Waals surface area (Å²) in [7, 11) is 0. The van der Waals surface area contributed by atoms with E-state index in [9.17, 15) is 4.79 Å². The fourth-order valence-electron chi connectivity index (χ4n) is 4.06. The summed E-state index contributed by atoms with van der Waals surface area (Å²) in [6, 6.07) is 7.75. The van der Waals surface area contributed by atoms with Crippen molar-refractivity contribution < 1.29 is 4.79 Å². The highest BCUT2D eigenvalue weighted by molar-refractivity contribution is 7.80. The first kappa shape index (κ1) is 17.5. The Hall–Kier alpha value is -1.33. The van der Waals surface area contributed by atoms with Gasteiger partial charge in [0.25, 0.3) is 0 Å². The van der Waals surface area contributed by atoms with Crippen LogP contribution >= 0.6 is 23.8 Å². The van der Waals surface area contributed by atoms with Crippen LogP contribution in [0.4, 0.5) is 0 Å². The van der Waals surface area contributed by atoms with E-state index < -0.39 is 0 Å². The standard InChI is InChI=1S/C18H24ClN3OS/c19-16-5-2-12(3-6-16)7-8-20-18(24)22-21-17(23)11-15-10-13-1-4-14(15)9-13/h2-3,5-6,13-15H,1,4,7-11H2,(H,21,23)(H2,20,22,24)/t13-,14-,15+/m1/s1. The Morgan fingerprint density at radius 2 is 1.96 bits per heavy atom. The SMILES string of the molecule is O=C(C[C@@H]1C[C@@H]2CC[C@@H]1C2)NNC(=S)NCCc1ccc(Cl)cc1. The molecule has 6 heteroatoms. The number of hydrogen-bond acceptors (Lipinski definition) is 2. The maximum Gasteiger partial charge on any atom is 0.238 e. The van der Waals surface area contributed by atoms with Crippen LogP contribution in [0.15, 0.2) is 24.3 Å². The van der Waals surface area contributed by atoms with Crippen LogP contribution in [0.3, 0.4) is 0 Å². The van der Waals surface area contributed by atoms with Crippen molar-refractivity contribution in [3.63, 3.8) is 0 Å². The molecule has 24 heavy (non-hydrogen) atoms. The molecule has 0 radical (unpaired) electrons. The lowest BCUT2D eigenvalue weighted by Crippen LogP contribution is -2.47. The maximum atomic E-state index is 12.0. The normalized spacial score (nSPS) is 24.6. The van der Waals surface area contributed by atoms with Crippen LogP contribution in [0.1, 0.15) is 37.7 Å². The van der Waals surface area contributed by atoms with Gasteiger partial charge in [-0.3, -0.25) is 15.6 Å². The second-order valence-corrected chi connectivity index (χ2v) is 7.79. The predicted molar refractivity (Wildman–Crippen MR) is 101 cm³/mol. The largest absolute Gasteiger partial charge is 0.361 e. The predicted octanol–water partition coefficient (Wildman–Crippen LogP) is 3.20. The Morgan fingerprint density at radius 3 is 2.62 bits per heavy atom. The Kier molecular flexibility index (Phi) is 5.95. The molecular weight excluding hydrogens is 342 g/mol. The van der Waals surface area contributed by atoms with Crippen molar-refractivity contribution in [1.82, 2.24) is 16.2 Å². The van der Waals surface area contributed by atoms with Gasteiger partial charge in [-0.2, -0.15) is 0 Å². The molecule has 0 spiro atoms. The molecule has 0 aromatic heterocycles. The number of fused-ring (bicyclic) bond motifs is 2. The number of carbonyl (C=O) groups is 1. The molecule has 2 aliphatic rings. The van der Waals surface area contributed by atoms with Crippen molar-refractivity contribution in [3.05, 3.63) is 34.9 Å². The molecule has 0 saturated heterocycles. The number of benzene rings is 1. The van der Waals surface area contributed by atoms with Crippen LogP contribution in [0.5, 0.6) is 0 Å². The van der Waals surface area contributed by atoms with Gasteiger partial charge in [-0.15, -0.1) is 0 Å². The van der Waals surface area contributed by atoms with Gasteiger partial charge >= 0.3 is 0 Å². The number of amides is 1. The minimum atomic E-state index is 0.0365. The number of halogens is 1. The van der Waals surface area contributed by atoms with Crippen LogP contribution in [0, 0.1) is 17.8 Å². The van der Waals surface area contributed by atoms with E-state index in [1.54, 1.807) is 0 Å². The molecule has 3 N–H and O–H groups in total. The first-order valence-corrected chi connectivity index (χ1v) is 9.46. The highest BCUT2D eigenvalue weighted by Gasteiger charge is 2.40. The number of hydrogen-bond donors (Lipinski definition) is 3. The van der Waals surface area contributed by atoms with Gasteiger partial charge in [0.05, 0.1) is 0 Å². The lowest BCUT2D eigenvalue weighted by molar-refractivity contribution is -0.122. The lowest BCUT2D eigenvalue weighted by atomic mass is 9.86. The third kappa shape index (κ3) is 4.84. The summed E-state index contributed by atoms with van der Waals surface area (Å²) in [4.78, 5) is 12.0. The Bertz CT molecular complexity index is 592. The fraction of sp³-hybridized carbons (Fsp3) is 0.556. The molecule has 0 unspecified atom stereocenters. The lowest BCUT2D eigenvalue weighted by Gasteiger charge is -2.21. The highest BCUT2D eigenvalue weighted by atomic mass is 35.5. The van der Waals surface area contributed by atoms with E-state index in [2.05, 4.69) is 16.2 Å². The van der Waals surface area contributed by atoms with Gasteiger partial charge in [0.1, 0.15) is 0 Å². The molecule has 1 aromatic carbocycles. The van der Waals surface area contributed by atoms with Gasteiger partial charge < -0.3 is 5.32 Å². The molecule has 4 nitrogen and oxygen atoms in total. The number of carbonyl (C=O) groups excluding carboxylic acids is 1. The van der Waals surface area contributed by atoms with Crippen molar-refractivity contribution >= 4 is 34.8 Å². The smallest absolute Gasteiger partial charge is 0.238 e. The second kappa shape index (κ2) is 8.17. The summed E-state index contributed by atoms with van der Waals surface area (Å²) < 4.78 is 0. The quantitative estimate of drug-likeness (QED) is 0.554. The van der Waals surface area contributed by atoms with E-state index in [0.717, 1.165) is 23.3 Å². The van der Waals surface area contributed by atoms with Gasteiger partial charge in [0, 0.05) is 18.0 Å². The molecule has 0 aliphatic heterocycles. The molecule has 2 fully saturated rings. The van der Waals surface area contributed by atoms with E-state index in [-0.39, 0.29) is 5.91 Å². The molecule has 1 aromatic rings. The summed E-state index contributed by atoms with van der Waals surface area (Å²) in [6.07, 6.45) is 6.68. The minimum Gasteiger partial charge on any atom is -0.361 e. The molecule has 2 bridgehead atoms. The third-order valence-electron chi connectivity index (χ3n) is 5.26. The van der Waals surface area contributed by atoms with Crippen LogP contribution in [-0.2, 0) is 11.2 Å². The molecule has 2 aliphatic carbocycles. The van der Waals surface area contributed by atoms with Crippen LogP contribution < -0.4 is 16.2 Å². The monoisotopic (exact) mass is 365 g/mol. The number of nitrogens with one attached hydrogen (secondary N) is 3. The van der Waals surface area contributed by atoms with Crippen LogP contribution in [0.25, 0.3) is 0 Å². The van der Waals surface area contributed by atoms with Crippen LogP contribution in [0.2, 0.25) is 5.02 Å². The maximum absolute atomic E-state index is 12.0. The number of rotatable bonds is 5. The minimum absolute atomic E-state index is 0.0365. The molecule has 2 saturated carbocycles.